The molecule has 0 saturated carbocycles. The Morgan fingerprint density at radius 1 is 0.963 bits per heavy atom. The van der Waals surface area contributed by atoms with Gasteiger partial charge in [-0.15, -0.1) is 0 Å². The molecule has 0 aliphatic carbocycles. The maximum absolute atomic E-state index is 13.4. The van der Waals surface area contributed by atoms with Crippen LogP contribution in [0.25, 0.3) is 33.2 Å². The Kier molecular flexibility index (Phi) is 4.21. The van der Waals surface area contributed by atoms with Gasteiger partial charge in [0.15, 0.2) is 0 Å². The van der Waals surface area contributed by atoms with Crippen molar-refractivity contribution in [2.24, 2.45) is 0 Å². The zero-order chi connectivity index (χ0) is 19.1. The fourth-order valence-corrected chi connectivity index (χ4v) is 3.34. The van der Waals surface area contributed by atoms with Gasteiger partial charge in [-0.05, 0) is 65.6 Å². The van der Waals surface area contributed by atoms with Crippen LogP contribution in [0.15, 0.2) is 65.5 Å². The van der Waals surface area contributed by atoms with E-state index >= 15 is 0 Å². The van der Waals surface area contributed by atoms with E-state index in [0.29, 0.717) is 16.0 Å². The van der Waals surface area contributed by atoms with Crippen LogP contribution in [0.4, 0.5) is 4.39 Å². The number of fused-ring (bicyclic) bond motifs is 1. The maximum Gasteiger partial charge on any atom is 0.260 e. The lowest BCUT2D eigenvalue weighted by Gasteiger charge is -2.12. The molecule has 0 atom stereocenters. The van der Waals surface area contributed by atoms with E-state index in [2.05, 4.69) is 4.98 Å². The highest BCUT2D eigenvalue weighted by Gasteiger charge is 2.17. The van der Waals surface area contributed by atoms with Crippen molar-refractivity contribution in [3.05, 3.63) is 87.4 Å². The van der Waals surface area contributed by atoms with Gasteiger partial charge in [0, 0.05) is 10.4 Å². The van der Waals surface area contributed by atoms with E-state index in [1.165, 1.54) is 18.2 Å². The third kappa shape index (κ3) is 3.09. The minimum atomic E-state index is -0.480. The van der Waals surface area contributed by atoms with Gasteiger partial charge in [-0.2, -0.15) is 0 Å². The van der Waals surface area contributed by atoms with Crippen LogP contribution >= 0.6 is 11.6 Å². The van der Waals surface area contributed by atoms with E-state index in [9.17, 15) is 14.3 Å². The summed E-state index contributed by atoms with van der Waals surface area (Å²) in [6.45, 7) is 1.87. The maximum atomic E-state index is 13.4. The summed E-state index contributed by atoms with van der Waals surface area (Å²) in [5.41, 5.74) is 3.25. The lowest BCUT2D eigenvalue weighted by atomic mass is 9.94. The van der Waals surface area contributed by atoms with Gasteiger partial charge in [-0.1, -0.05) is 35.9 Å². The molecule has 0 radical (unpaired) electrons. The third-order valence-corrected chi connectivity index (χ3v) is 4.89. The second-order valence-electron chi connectivity index (χ2n) is 6.40. The quantitative estimate of drug-likeness (QED) is 0.471. The molecular formula is C22H15ClFNO2. The molecule has 0 amide bonds. The van der Waals surface area contributed by atoms with E-state index in [-0.39, 0.29) is 16.8 Å². The predicted octanol–water partition coefficient (Wildman–Crippen LogP) is 5.67. The molecule has 0 aliphatic heterocycles. The Morgan fingerprint density at radius 3 is 2.41 bits per heavy atom. The molecule has 0 spiro atoms. The average Bonchev–Trinajstić information content (AvgIpc) is 2.63. The summed E-state index contributed by atoms with van der Waals surface area (Å²) in [7, 11) is 0. The summed E-state index contributed by atoms with van der Waals surface area (Å²) in [5, 5.41) is 11.8. The summed E-state index contributed by atoms with van der Waals surface area (Å²) < 4.78 is 13.4. The Hall–Kier alpha value is -3.11. The van der Waals surface area contributed by atoms with Crippen LogP contribution < -0.4 is 5.56 Å². The second kappa shape index (κ2) is 6.56. The molecule has 134 valence electrons. The van der Waals surface area contributed by atoms with Gasteiger partial charge in [-0.3, -0.25) is 4.79 Å². The van der Waals surface area contributed by atoms with Crippen molar-refractivity contribution >= 4 is 22.5 Å². The number of pyridine rings is 1. The summed E-state index contributed by atoms with van der Waals surface area (Å²) in [6.07, 6.45) is 0. The van der Waals surface area contributed by atoms with Crippen molar-refractivity contribution in [1.29, 1.82) is 0 Å². The Morgan fingerprint density at radius 2 is 1.67 bits per heavy atom. The summed E-state index contributed by atoms with van der Waals surface area (Å²) in [6, 6.07) is 17.0. The predicted molar refractivity (Wildman–Crippen MR) is 107 cm³/mol. The van der Waals surface area contributed by atoms with Crippen molar-refractivity contribution in [3.8, 4) is 28.0 Å². The van der Waals surface area contributed by atoms with E-state index < -0.39 is 11.4 Å². The number of aromatic amines is 1. The fourth-order valence-electron chi connectivity index (χ4n) is 3.22. The molecule has 0 saturated heterocycles. The molecule has 0 fully saturated rings. The van der Waals surface area contributed by atoms with Crippen LogP contribution in [0.1, 0.15) is 5.56 Å². The first-order valence-electron chi connectivity index (χ1n) is 8.35. The highest BCUT2D eigenvalue weighted by atomic mass is 35.5. The molecule has 2 N–H and O–H groups in total. The molecule has 3 nitrogen and oxygen atoms in total. The molecule has 1 aromatic heterocycles. The number of aryl methyl sites for hydroxylation is 1. The number of hydrogen-bond donors (Lipinski definition) is 2. The number of H-pyrrole nitrogens is 1. The van der Waals surface area contributed by atoms with Gasteiger partial charge in [0.05, 0.1) is 11.1 Å². The van der Waals surface area contributed by atoms with Crippen molar-refractivity contribution in [3.63, 3.8) is 0 Å². The Labute approximate surface area is 159 Å². The van der Waals surface area contributed by atoms with E-state index in [0.717, 1.165) is 16.7 Å². The van der Waals surface area contributed by atoms with Crippen LogP contribution in [0, 0.1) is 12.7 Å². The minimum absolute atomic E-state index is 0.162. The van der Waals surface area contributed by atoms with E-state index in [1.807, 2.05) is 37.3 Å². The molecule has 4 aromatic rings. The third-order valence-electron chi connectivity index (χ3n) is 4.63. The normalized spacial score (nSPS) is 11.1. The Bertz CT molecular complexity index is 1230. The second-order valence-corrected chi connectivity index (χ2v) is 6.84. The molecule has 3 aromatic carbocycles. The van der Waals surface area contributed by atoms with E-state index in [1.54, 1.807) is 12.1 Å². The molecule has 27 heavy (non-hydrogen) atoms. The van der Waals surface area contributed by atoms with Crippen molar-refractivity contribution < 1.29 is 9.50 Å². The number of hydrogen-bond acceptors (Lipinski definition) is 2. The number of aromatic hydroxyl groups is 1. The number of rotatable bonds is 2. The lowest BCUT2D eigenvalue weighted by Crippen LogP contribution is -2.10. The molecule has 0 bridgehead atoms. The van der Waals surface area contributed by atoms with Crippen molar-refractivity contribution in [1.82, 2.24) is 4.98 Å². The summed E-state index contributed by atoms with van der Waals surface area (Å²) >= 11 is 5.95. The number of halogens is 2. The van der Waals surface area contributed by atoms with Crippen LogP contribution in [0.5, 0.6) is 5.75 Å². The summed E-state index contributed by atoms with van der Waals surface area (Å²) in [5.74, 6) is -0.642. The SMILES string of the molecule is Cc1ccc(-c2ccc(Cl)cc2)cc1-c1c(O)c2ccc(F)cc2[nH]c1=O. The van der Waals surface area contributed by atoms with Gasteiger partial charge >= 0.3 is 0 Å². The topological polar surface area (TPSA) is 53.1 Å². The van der Waals surface area contributed by atoms with Crippen molar-refractivity contribution in [2.75, 3.05) is 0 Å². The van der Waals surface area contributed by atoms with Gasteiger partial charge in [0.25, 0.3) is 5.56 Å². The first-order chi connectivity index (χ1) is 12.9. The zero-order valence-corrected chi connectivity index (χ0v) is 15.1. The molecule has 4 rings (SSSR count). The highest BCUT2D eigenvalue weighted by Crippen LogP contribution is 2.36. The monoisotopic (exact) mass is 379 g/mol. The molecular weight excluding hydrogens is 365 g/mol. The van der Waals surface area contributed by atoms with Crippen LogP contribution in [0.2, 0.25) is 5.02 Å². The van der Waals surface area contributed by atoms with Crippen molar-refractivity contribution in [2.45, 2.75) is 6.92 Å². The number of nitrogens with one attached hydrogen (secondary N) is 1. The lowest BCUT2D eigenvalue weighted by molar-refractivity contribution is 0.482. The average molecular weight is 380 g/mol. The number of aromatic nitrogens is 1. The fraction of sp³-hybridized carbons (Fsp3) is 0.0455. The summed E-state index contributed by atoms with van der Waals surface area (Å²) in [4.78, 5) is 15.3. The van der Waals surface area contributed by atoms with Gasteiger partial charge in [0.1, 0.15) is 11.6 Å². The van der Waals surface area contributed by atoms with Crippen LogP contribution in [0.3, 0.4) is 0 Å². The van der Waals surface area contributed by atoms with Gasteiger partial charge < -0.3 is 10.1 Å². The highest BCUT2D eigenvalue weighted by molar-refractivity contribution is 6.30. The smallest absolute Gasteiger partial charge is 0.260 e. The largest absolute Gasteiger partial charge is 0.506 e. The zero-order valence-electron chi connectivity index (χ0n) is 14.4. The van der Waals surface area contributed by atoms with Gasteiger partial charge in [-0.25, -0.2) is 4.39 Å². The molecule has 5 heteroatoms. The molecule has 0 aliphatic rings. The number of benzene rings is 3. The standard InChI is InChI=1S/C22H15ClFNO2/c1-12-2-3-14(13-4-6-15(23)7-5-13)10-18(12)20-21(26)17-9-8-16(24)11-19(17)25-22(20)27/h2-11H,1H3,(H2,25,26,27). The first-order valence-corrected chi connectivity index (χ1v) is 8.73. The van der Waals surface area contributed by atoms with Gasteiger partial charge in [0.2, 0.25) is 0 Å². The van der Waals surface area contributed by atoms with Crippen LogP contribution in [-0.4, -0.2) is 10.1 Å². The molecule has 1 heterocycles. The van der Waals surface area contributed by atoms with E-state index in [4.69, 9.17) is 11.6 Å². The first kappa shape index (κ1) is 17.3. The molecule has 0 unspecified atom stereocenters. The minimum Gasteiger partial charge on any atom is -0.506 e. The van der Waals surface area contributed by atoms with Crippen LogP contribution in [-0.2, 0) is 0 Å². The Balaban J connectivity index is 1.96.